The van der Waals surface area contributed by atoms with E-state index in [9.17, 15) is 9.90 Å². The number of nitrogens with zero attached hydrogens (tertiary/aromatic N) is 2. The van der Waals surface area contributed by atoms with E-state index in [-0.39, 0.29) is 0 Å². The highest BCUT2D eigenvalue weighted by atomic mass is 16.4. The van der Waals surface area contributed by atoms with Crippen molar-refractivity contribution < 1.29 is 9.90 Å². The molecule has 2 heterocycles. The molecule has 2 aliphatic heterocycles. The summed E-state index contributed by atoms with van der Waals surface area (Å²) in [5.41, 5.74) is -0.797. The average molecular weight is 297 g/mol. The second-order valence-electron chi connectivity index (χ2n) is 6.96. The van der Waals surface area contributed by atoms with Crippen LogP contribution in [-0.2, 0) is 4.79 Å². The SMILES string of the molecule is CCNC(C)(CCN1CCC2C(CCCN2C)C1)C(=O)O. The van der Waals surface area contributed by atoms with Crippen molar-refractivity contribution in [3.8, 4) is 0 Å². The highest BCUT2D eigenvalue weighted by Gasteiger charge is 2.36. The van der Waals surface area contributed by atoms with Crippen LogP contribution in [0.3, 0.4) is 0 Å². The second-order valence-corrected chi connectivity index (χ2v) is 6.96. The molecule has 21 heavy (non-hydrogen) atoms. The van der Waals surface area contributed by atoms with E-state index < -0.39 is 11.5 Å². The van der Waals surface area contributed by atoms with Gasteiger partial charge in [0.25, 0.3) is 0 Å². The van der Waals surface area contributed by atoms with Crippen molar-refractivity contribution in [3.05, 3.63) is 0 Å². The fraction of sp³-hybridized carbons (Fsp3) is 0.938. The summed E-state index contributed by atoms with van der Waals surface area (Å²) in [6.07, 6.45) is 4.53. The highest BCUT2D eigenvalue weighted by molar-refractivity contribution is 5.78. The van der Waals surface area contributed by atoms with Crippen LogP contribution in [0.1, 0.15) is 39.5 Å². The number of likely N-dealkylation sites (tertiary alicyclic amines) is 2. The van der Waals surface area contributed by atoms with Gasteiger partial charge in [-0.15, -0.1) is 0 Å². The van der Waals surface area contributed by atoms with E-state index in [1.165, 1.54) is 25.8 Å². The number of nitrogens with one attached hydrogen (secondary N) is 1. The van der Waals surface area contributed by atoms with Crippen LogP contribution in [-0.4, -0.2) is 72.2 Å². The molecule has 2 saturated heterocycles. The van der Waals surface area contributed by atoms with Gasteiger partial charge in [-0.1, -0.05) is 6.92 Å². The Balaban J connectivity index is 1.85. The molecule has 0 radical (unpaired) electrons. The number of carboxylic acids is 1. The molecule has 5 nitrogen and oxygen atoms in total. The molecule has 0 aromatic rings. The summed E-state index contributed by atoms with van der Waals surface area (Å²) in [5.74, 6) is 0.0318. The monoisotopic (exact) mass is 297 g/mol. The predicted octanol–water partition coefficient (Wildman–Crippen LogP) is 1.25. The van der Waals surface area contributed by atoms with Crippen molar-refractivity contribution in [3.63, 3.8) is 0 Å². The quantitative estimate of drug-likeness (QED) is 0.773. The Hall–Kier alpha value is -0.650. The summed E-state index contributed by atoms with van der Waals surface area (Å²) in [5, 5.41) is 12.6. The number of carboxylic acid groups (broad SMARTS) is 1. The van der Waals surface area contributed by atoms with Crippen LogP contribution in [0.4, 0.5) is 0 Å². The molecule has 2 N–H and O–H groups in total. The van der Waals surface area contributed by atoms with Gasteiger partial charge in [0, 0.05) is 19.1 Å². The first-order chi connectivity index (χ1) is 9.96. The van der Waals surface area contributed by atoms with E-state index >= 15 is 0 Å². The molecular formula is C16H31N3O2. The van der Waals surface area contributed by atoms with Crippen molar-refractivity contribution in [2.75, 3.05) is 39.8 Å². The fourth-order valence-corrected chi connectivity index (χ4v) is 3.97. The molecule has 0 aromatic heterocycles. The third-order valence-corrected chi connectivity index (χ3v) is 5.40. The number of carbonyl (C=O) groups is 1. The summed E-state index contributed by atoms with van der Waals surface area (Å²) in [7, 11) is 2.25. The molecule has 5 heteroatoms. The molecule has 3 atom stereocenters. The Kier molecular flexibility index (Phi) is 5.63. The minimum atomic E-state index is -0.797. The summed E-state index contributed by atoms with van der Waals surface area (Å²) in [6.45, 7) is 8.81. The number of hydrogen-bond acceptors (Lipinski definition) is 4. The third kappa shape index (κ3) is 3.96. The lowest BCUT2D eigenvalue weighted by molar-refractivity contribution is -0.144. The van der Waals surface area contributed by atoms with Gasteiger partial charge in [0.15, 0.2) is 0 Å². The van der Waals surface area contributed by atoms with Crippen molar-refractivity contribution in [1.29, 1.82) is 0 Å². The number of piperidine rings is 2. The zero-order chi connectivity index (χ0) is 15.5. The smallest absolute Gasteiger partial charge is 0.323 e. The van der Waals surface area contributed by atoms with Gasteiger partial charge >= 0.3 is 5.97 Å². The largest absolute Gasteiger partial charge is 0.480 e. The summed E-state index contributed by atoms with van der Waals surface area (Å²) < 4.78 is 0. The Bertz CT molecular complexity index is 363. The van der Waals surface area contributed by atoms with E-state index in [1.807, 2.05) is 6.92 Å². The van der Waals surface area contributed by atoms with Gasteiger partial charge in [0.1, 0.15) is 5.54 Å². The van der Waals surface area contributed by atoms with Gasteiger partial charge in [-0.3, -0.25) is 4.79 Å². The van der Waals surface area contributed by atoms with E-state index in [1.54, 1.807) is 6.92 Å². The van der Waals surface area contributed by atoms with Crippen LogP contribution in [0.15, 0.2) is 0 Å². The van der Waals surface area contributed by atoms with Crippen molar-refractivity contribution >= 4 is 5.97 Å². The van der Waals surface area contributed by atoms with Gasteiger partial charge < -0.3 is 20.2 Å². The van der Waals surface area contributed by atoms with E-state index in [0.29, 0.717) is 13.0 Å². The molecule has 3 unspecified atom stereocenters. The second kappa shape index (κ2) is 7.07. The van der Waals surface area contributed by atoms with Crippen LogP contribution in [0, 0.1) is 5.92 Å². The van der Waals surface area contributed by atoms with Crippen LogP contribution in [0.5, 0.6) is 0 Å². The lowest BCUT2D eigenvalue weighted by atomic mass is 9.84. The zero-order valence-electron chi connectivity index (χ0n) is 13.8. The lowest BCUT2D eigenvalue weighted by Gasteiger charge is -2.46. The standard InChI is InChI=1S/C16H31N3O2/c1-4-17-16(2,15(20)21)8-11-19-10-7-14-13(12-19)6-5-9-18(14)3/h13-14,17H,4-12H2,1-3H3,(H,20,21). The molecule has 0 amide bonds. The number of likely N-dealkylation sites (N-methyl/N-ethyl adjacent to an activating group) is 1. The minimum Gasteiger partial charge on any atom is -0.480 e. The number of hydrogen-bond donors (Lipinski definition) is 2. The fourth-order valence-electron chi connectivity index (χ4n) is 3.97. The van der Waals surface area contributed by atoms with Crippen LogP contribution in [0.2, 0.25) is 0 Å². The zero-order valence-corrected chi connectivity index (χ0v) is 13.8. The van der Waals surface area contributed by atoms with Crippen molar-refractivity contribution in [1.82, 2.24) is 15.1 Å². The molecule has 2 aliphatic rings. The van der Waals surface area contributed by atoms with E-state index in [2.05, 4.69) is 22.2 Å². The Labute approximate surface area is 128 Å². The Morgan fingerprint density at radius 1 is 1.38 bits per heavy atom. The molecule has 0 saturated carbocycles. The summed E-state index contributed by atoms with van der Waals surface area (Å²) in [4.78, 5) is 16.5. The summed E-state index contributed by atoms with van der Waals surface area (Å²) >= 11 is 0. The molecule has 0 bridgehead atoms. The first kappa shape index (κ1) is 16.7. The van der Waals surface area contributed by atoms with Gasteiger partial charge in [-0.05, 0) is 65.2 Å². The normalized spacial score (nSPS) is 30.6. The lowest BCUT2D eigenvalue weighted by Crippen LogP contribution is -2.55. The molecule has 2 fully saturated rings. The summed E-state index contributed by atoms with van der Waals surface area (Å²) in [6, 6.07) is 0.745. The maximum Gasteiger partial charge on any atom is 0.323 e. The molecular weight excluding hydrogens is 266 g/mol. The third-order valence-electron chi connectivity index (χ3n) is 5.40. The van der Waals surface area contributed by atoms with Crippen LogP contribution < -0.4 is 5.32 Å². The average Bonchev–Trinajstić information content (AvgIpc) is 2.45. The number of fused-ring (bicyclic) bond motifs is 1. The molecule has 0 aliphatic carbocycles. The van der Waals surface area contributed by atoms with E-state index in [4.69, 9.17) is 0 Å². The molecule has 0 aromatic carbocycles. The van der Waals surface area contributed by atoms with Gasteiger partial charge in [0.2, 0.25) is 0 Å². The highest BCUT2D eigenvalue weighted by Crippen LogP contribution is 2.29. The predicted molar refractivity (Wildman–Crippen MR) is 84.5 cm³/mol. The van der Waals surface area contributed by atoms with E-state index in [0.717, 1.165) is 31.6 Å². The minimum absolute atomic E-state index is 0.670. The molecule has 122 valence electrons. The van der Waals surface area contributed by atoms with Crippen molar-refractivity contribution in [2.24, 2.45) is 5.92 Å². The number of aliphatic carboxylic acids is 1. The molecule has 0 spiro atoms. The topological polar surface area (TPSA) is 55.8 Å². The Morgan fingerprint density at radius 3 is 2.81 bits per heavy atom. The maximum absolute atomic E-state index is 11.5. The molecule has 2 rings (SSSR count). The Morgan fingerprint density at radius 2 is 2.14 bits per heavy atom. The maximum atomic E-state index is 11.5. The first-order valence-corrected chi connectivity index (χ1v) is 8.37. The van der Waals surface area contributed by atoms with Gasteiger partial charge in [0.05, 0.1) is 0 Å². The van der Waals surface area contributed by atoms with Crippen LogP contribution >= 0.6 is 0 Å². The van der Waals surface area contributed by atoms with Gasteiger partial charge in [-0.2, -0.15) is 0 Å². The van der Waals surface area contributed by atoms with Crippen LogP contribution in [0.25, 0.3) is 0 Å². The number of rotatable bonds is 6. The van der Waals surface area contributed by atoms with Gasteiger partial charge in [-0.25, -0.2) is 0 Å². The van der Waals surface area contributed by atoms with Crippen molar-refractivity contribution in [2.45, 2.75) is 51.1 Å². The first-order valence-electron chi connectivity index (χ1n) is 8.37.